The van der Waals surface area contributed by atoms with E-state index in [0.717, 1.165) is 4.90 Å². The zero-order valence-electron chi connectivity index (χ0n) is 17.9. The second-order valence-corrected chi connectivity index (χ2v) is 7.64. The van der Waals surface area contributed by atoms with Gasteiger partial charge in [-0.05, 0) is 42.5 Å². The van der Waals surface area contributed by atoms with Gasteiger partial charge >= 0.3 is 0 Å². The molecule has 2 N–H and O–H groups in total. The minimum absolute atomic E-state index is 0.0942. The van der Waals surface area contributed by atoms with Crippen LogP contribution >= 0.6 is 11.6 Å². The van der Waals surface area contributed by atoms with Crippen molar-refractivity contribution in [2.45, 2.75) is 6.92 Å². The molecular weight excluding hydrogens is 442 g/mol. The Hall–Kier alpha value is -4.10. The van der Waals surface area contributed by atoms with Crippen LogP contribution in [-0.4, -0.2) is 24.8 Å². The molecule has 0 saturated carbocycles. The molecule has 33 heavy (non-hydrogen) atoms. The lowest BCUT2D eigenvalue weighted by Gasteiger charge is -2.17. The van der Waals surface area contributed by atoms with Gasteiger partial charge in [-0.25, -0.2) is 4.90 Å². The Labute approximate surface area is 195 Å². The van der Waals surface area contributed by atoms with E-state index >= 15 is 0 Å². The van der Waals surface area contributed by atoms with E-state index in [1.54, 1.807) is 72.8 Å². The lowest BCUT2D eigenvalue weighted by molar-refractivity contribution is -0.120. The molecule has 0 aromatic heterocycles. The molecule has 3 aromatic carbocycles. The summed E-state index contributed by atoms with van der Waals surface area (Å²) < 4.78 is 5.45. The Morgan fingerprint density at radius 2 is 1.52 bits per heavy atom. The van der Waals surface area contributed by atoms with Gasteiger partial charge in [0, 0.05) is 23.9 Å². The van der Waals surface area contributed by atoms with Crippen molar-refractivity contribution in [1.82, 2.24) is 0 Å². The van der Waals surface area contributed by atoms with Crippen molar-refractivity contribution in [1.29, 1.82) is 0 Å². The van der Waals surface area contributed by atoms with Crippen molar-refractivity contribution < 1.29 is 19.1 Å². The minimum Gasteiger partial charge on any atom is -0.496 e. The van der Waals surface area contributed by atoms with E-state index in [4.69, 9.17) is 16.3 Å². The molecular formula is C25H20ClN3O4. The molecule has 3 aromatic rings. The van der Waals surface area contributed by atoms with Gasteiger partial charge in [-0.2, -0.15) is 0 Å². The fraction of sp³-hybridized carbons (Fsp3) is 0.0800. The highest BCUT2D eigenvalue weighted by atomic mass is 35.5. The fourth-order valence-corrected chi connectivity index (χ4v) is 3.80. The summed E-state index contributed by atoms with van der Waals surface area (Å²) in [4.78, 5) is 39.4. The van der Waals surface area contributed by atoms with Gasteiger partial charge in [-0.1, -0.05) is 41.9 Å². The molecule has 0 spiro atoms. The van der Waals surface area contributed by atoms with Crippen LogP contribution in [0.4, 0.5) is 17.1 Å². The average Bonchev–Trinajstić information content (AvgIpc) is 3.04. The SMILES string of the molecule is COc1ccccc1C1=C(Nc2ccc(NC(C)=O)cc2)C(=O)N(c2ccccc2Cl)C1=O. The highest BCUT2D eigenvalue weighted by Gasteiger charge is 2.41. The van der Waals surface area contributed by atoms with Crippen LogP contribution in [0.2, 0.25) is 5.02 Å². The van der Waals surface area contributed by atoms with E-state index < -0.39 is 11.8 Å². The molecule has 4 rings (SSSR count). The molecule has 8 heteroatoms. The molecule has 1 aliphatic heterocycles. The maximum absolute atomic E-state index is 13.6. The zero-order chi connectivity index (χ0) is 23.5. The van der Waals surface area contributed by atoms with Gasteiger partial charge < -0.3 is 15.4 Å². The number of para-hydroxylation sites is 2. The Balaban J connectivity index is 1.80. The number of nitrogens with zero attached hydrogens (tertiary/aromatic N) is 1. The van der Waals surface area contributed by atoms with Gasteiger partial charge in [0.05, 0.1) is 23.4 Å². The van der Waals surface area contributed by atoms with E-state index in [2.05, 4.69) is 10.6 Å². The van der Waals surface area contributed by atoms with E-state index in [9.17, 15) is 14.4 Å². The summed E-state index contributed by atoms with van der Waals surface area (Å²) in [6, 6.07) is 20.4. The van der Waals surface area contributed by atoms with Gasteiger partial charge in [0.15, 0.2) is 0 Å². The van der Waals surface area contributed by atoms with Crippen LogP contribution in [0.5, 0.6) is 5.75 Å². The highest BCUT2D eigenvalue weighted by molar-refractivity contribution is 6.48. The van der Waals surface area contributed by atoms with Gasteiger partial charge in [0.25, 0.3) is 11.8 Å². The predicted octanol–water partition coefficient (Wildman–Crippen LogP) is 4.70. The third-order valence-corrected chi connectivity index (χ3v) is 5.35. The lowest BCUT2D eigenvalue weighted by Crippen LogP contribution is -2.32. The van der Waals surface area contributed by atoms with Crippen molar-refractivity contribution in [3.8, 4) is 5.75 Å². The second-order valence-electron chi connectivity index (χ2n) is 7.23. The van der Waals surface area contributed by atoms with Crippen molar-refractivity contribution in [2.75, 3.05) is 22.6 Å². The largest absolute Gasteiger partial charge is 0.496 e. The van der Waals surface area contributed by atoms with Crippen molar-refractivity contribution in [3.63, 3.8) is 0 Å². The summed E-state index contributed by atoms with van der Waals surface area (Å²) in [7, 11) is 1.50. The number of ether oxygens (including phenoxy) is 1. The molecule has 3 amide bonds. The molecule has 1 heterocycles. The van der Waals surface area contributed by atoms with E-state index in [0.29, 0.717) is 28.4 Å². The lowest BCUT2D eigenvalue weighted by atomic mass is 10.0. The fourth-order valence-electron chi connectivity index (χ4n) is 3.58. The first-order valence-electron chi connectivity index (χ1n) is 10.1. The van der Waals surface area contributed by atoms with Gasteiger partial charge in [0.1, 0.15) is 11.4 Å². The van der Waals surface area contributed by atoms with Crippen LogP contribution < -0.4 is 20.3 Å². The first-order valence-corrected chi connectivity index (χ1v) is 10.4. The first-order chi connectivity index (χ1) is 15.9. The standard InChI is InChI=1S/C25H20ClN3O4/c1-15(30)27-16-11-13-17(14-12-16)28-23-22(18-7-3-6-10-21(18)33-2)24(31)29(25(23)32)20-9-5-4-8-19(20)26/h3-14,28H,1-2H3,(H,27,30). The van der Waals surface area contributed by atoms with Crippen LogP contribution in [0.1, 0.15) is 12.5 Å². The van der Waals surface area contributed by atoms with Gasteiger partial charge in [-0.3, -0.25) is 14.4 Å². The number of rotatable bonds is 6. The summed E-state index contributed by atoms with van der Waals surface area (Å²) in [6.07, 6.45) is 0. The molecule has 1 aliphatic rings. The summed E-state index contributed by atoms with van der Waals surface area (Å²) >= 11 is 6.31. The number of methoxy groups -OCH3 is 1. The Kier molecular flexibility index (Phi) is 6.15. The van der Waals surface area contributed by atoms with Crippen LogP contribution in [0.25, 0.3) is 5.57 Å². The molecule has 0 fully saturated rings. The number of imide groups is 1. The number of amides is 3. The molecule has 7 nitrogen and oxygen atoms in total. The highest BCUT2D eigenvalue weighted by Crippen LogP contribution is 2.39. The van der Waals surface area contributed by atoms with Gasteiger partial charge in [0.2, 0.25) is 5.91 Å². The third-order valence-electron chi connectivity index (χ3n) is 5.03. The summed E-state index contributed by atoms with van der Waals surface area (Å²) in [5.74, 6) is -0.797. The predicted molar refractivity (Wildman–Crippen MR) is 128 cm³/mol. The Morgan fingerprint density at radius 3 is 2.18 bits per heavy atom. The Morgan fingerprint density at radius 1 is 0.879 bits per heavy atom. The van der Waals surface area contributed by atoms with Crippen LogP contribution in [0, 0.1) is 0 Å². The molecule has 0 unspecified atom stereocenters. The van der Waals surface area contributed by atoms with Crippen LogP contribution in [-0.2, 0) is 14.4 Å². The summed E-state index contributed by atoms with van der Waals surface area (Å²) in [5, 5.41) is 6.04. The molecule has 0 atom stereocenters. The number of nitrogens with one attached hydrogen (secondary N) is 2. The normalized spacial score (nSPS) is 13.4. The number of halogens is 1. The van der Waals surface area contributed by atoms with E-state index in [1.165, 1.54) is 14.0 Å². The number of carbonyl (C=O) groups is 3. The van der Waals surface area contributed by atoms with Crippen LogP contribution in [0.3, 0.4) is 0 Å². The summed E-state index contributed by atoms with van der Waals surface area (Å²) in [5.41, 5.74) is 2.21. The quantitative estimate of drug-likeness (QED) is 0.519. The van der Waals surface area contributed by atoms with Crippen molar-refractivity contribution in [3.05, 3.63) is 89.1 Å². The maximum atomic E-state index is 13.6. The number of benzene rings is 3. The third kappa shape index (κ3) is 4.31. The van der Waals surface area contributed by atoms with E-state index in [1.807, 2.05) is 0 Å². The molecule has 0 aliphatic carbocycles. The zero-order valence-corrected chi connectivity index (χ0v) is 18.6. The van der Waals surface area contributed by atoms with Crippen LogP contribution in [0.15, 0.2) is 78.5 Å². The molecule has 0 bridgehead atoms. The molecule has 0 radical (unpaired) electrons. The minimum atomic E-state index is -0.542. The maximum Gasteiger partial charge on any atom is 0.282 e. The number of anilines is 3. The first kappa shape index (κ1) is 22.1. The smallest absolute Gasteiger partial charge is 0.282 e. The van der Waals surface area contributed by atoms with Crippen molar-refractivity contribution in [2.24, 2.45) is 0 Å². The van der Waals surface area contributed by atoms with Crippen molar-refractivity contribution >= 4 is 52.0 Å². The number of hydrogen-bond acceptors (Lipinski definition) is 5. The average molecular weight is 462 g/mol. The Bertz CT molecular complexity index is 1280. The topological polar surface area (TPSA) is 87.7 Å². The number of carbonyl (C=O) groups excluding carboxylic acids is 3. The monoisotopic (exact) mass is 461 g/mol. The summed E-state index contributed by atoms with van der Waals surface area (Å²) in [6.45, 7) is 1.42. The second kappa shape index (κ2) is 9.18. The van der Waals surface area contributed by atoms with Gasteiger partial charge in [-0.15, -0.1) is 0 Å². The van der Waals surface area contributed by atoms with E-state index in [-0.39, 0.29) is 22.2 Å². The molecule has 0 saturated heterocycles. The number of hydrogen-bond donors (Lipinski definition) is 2. The molecule has 166 valence electrons.